The fourth-order valence-corrected chi connectivity index (χ4v) is 2.37. The molecule has 1 amide bonds. The molecule has 0 radical (unpaired) electrons. The van der Waals surface area contributed by atoms with Crippen LogP contribution >= 0.6 is 0 Å². The van der Waals surface area contributed by atoms with Crippen molar-refractivity contribution in [1.82, 2.24) is 15.5 Å². The van der Waals surface area contributed by atoms with E-state index in [2.05, 4.69) is 15.5 Å². The monoisotopic (exact) mass is 261 g/mol. The molecule has 0 aromatic carbocycles. The van der Waals surface area contributed by atoms with Gasteiger partial charge < -0.3 is 14.9 Å². The summed E-state index contributed by atoms with van der Waals surface area (Å²) in [5.41, 5.74) is 2.28. The molecular weight excluding hydrogens is 246 g/mol. The summed E-state index contributed by atoms with van der Waals surface area (Å²) in [5.74, 6) is -0.168. The minimum absolute atomic E-state index is 0.0474. The standard InChI is InChI=1S/C13H15N3O3/c1-6-3-10(11-7(2)16-19-13(11)14-6)12(18)15-8-4-9(17)5-8/h3,8-9,17H,4-5H2,1-2H3,(H,15,18). The van der Waals surface area contributed by atoms with Gasteiger partial charge in [0, 0.05) is 11.7 Å². The van der Waals surface area contributed by atoms with Gasteiger partial charge in [0.1, 0.15) is 0 Å². The summed E-state index contributed by atoms with van der Waals surface area (Å²) in [6, 6.07) is 1.78. The number of aliphatic hydroxyl groups is 1. The van der Waals surface area contributed by atoms with Crippen LogP contribution in [0.3, 0.4) is 0 Å². The van der Waals surface area contributed by atoms with Gasteiger partial charge in [-0.15, -0.1) is 0 Å². The predicted molar refractivity (Wildman–Crippen MR) is 67.8 cm³/mol. The number of nitrogens with zero attached hydrogens (tertiary/aromatic N) is 2. The summed E-state index contributed by atoms with van der Waals surface area (Å²) in [7, 11) is 0. The number of aromatic nitrogens is 2. The van der Waals surface area contributed by atoms with Crippen molar-refractivity contribution in [1.29, 1.82) is 0 Å². The second kappa shape index (κ2) is 4.31. The van der Waals surface area contributed by atoms with E-state index in [1.807, 2.05) is 0 Å². The first-order valence-electron chi connectivity index (χ1n) is 6.27. The molecule has 1 aliphatic rings. The molecule has 0 atom stereocenters. The summed E-state index contributed by atoms with van der Waals surface area (Å²) in [4.78, 5) is 16.5. The quantitative estimate of drug-likeness (QED) is 0.845. The highest BCUT2D eigenvalue weighted by molar-refractivity contribution is 6.06. The van der Waals surface area contributed by atoms with E-state index in [0.29, 0.717) is 40.9 Å². The van der Waals surface area contributed by atoms with Gasteiger partial charge in [0.05, 0.1) is 22.7 Å². The lowest BCUT2D eigenvalue weighted by atomic mass is 9.89. The summed E-state index contributed by atoms with van der Waals surface area (Å²) in [6.45, 7) is 3.59. The Bertz CT molecular complexity index is 644. The lowest BCUT2D eigenvalue weighted by molar-refractivity contribution is 0.0563. The van der Waals surface area contributed by atoms with E-state index < -0.39 is 0 Å². The Morgan fingerprint density at radius 3 is 2.89 bits per heavy atom. The average Bonchev–Trinajstić information content (AvgIpc) is 2.68. The van der Waals surface area contributed by atoms with E-state index >= 15 is 0 Å². The number of hydrogen-bond donors (Lipinski definition) is 2. The van der Waals surface area contributed by atoms with Gasteiger partial charge in [0.2, 0.25) is 0 Å². The summed E-state index contributed by atoms with van der Waals surface area (Å²) >= 11 is 0. The predicted octanol–water partition coefficient (Wildman–Crippen LogP) is 1.09. The second-order valence-corrected chi connectivity index (χ2v) is 5.05. The van der Waals surface area contributed by atoms with Gasteiger partial charge in [-0.2, -0.15) is 0 Å². The molecule has 2 aromatic rings. The highest BCUT2D eigenvalue weighted by atomic mass is 16.5. The fraction of sp³-hybridized carbons (Fsp3) is 0.462. The first-order chi connectivity index (χ1) is 9.04. The molecular formula is C13H15N3O3. The first kappa shape index (κ1) is 12.1. The van der Waals surface area contributed by atoms with Crippen LogP contribution in [0.15, 0.2) is 10.6 Å². The number of rotatable bonds is 2. The minimum atomic E-state index is -0.290. The molecule has 100 valence electrons. The van der Waals surface area contributed by atoms with Gasteiger partial charge in [-0.25, -0.2) is 4.98 Å². The summed E-state index contributed by atoms with van der Waals surface area (Å²) in [6.07, 6.45) is 0.935. The number of aliphatic hydroxyl groups excluding tert-OH is 1. The SMILES string of the molecule is Cc1cc(C(=O)NC2CC(O)C2)c2c(C)noc2n1. The molecule has 0 aliphatic heterocycles. The number of amides is 1. The zero-order chi connectivity index (χ0) is 13.6. The maximum absolute atomic E-state index is 12.3. The number of fused-ring (bicyclic) bond motifs is 1. The molecule has 1 fully saturated rings. The number of aryl methyl sites for hydroxylation is 2. The molecule has 0 bridgehead atoms. The van der Waals surface area contributed by atoms with E-state index in [1.54, 1.807) is 19.9 Å². The number of nitrogens with one attached hydrogen (secondary N) is 1. The molecule has 0 spiro atoms. The van der Waals surface area contributed by atoms with Gasteiger partial charge in [0.15, 0.2) is 0 Å². The van der Waals surface area contributed by atoms with Crippen LogP contribution in [-0.2, 0) is 0 Å². The molecule has 1 saturated carbocycles. The third-order valence-electron chi connectivity index (χ3n) is 3.44. The lowest BCUT2D eigenvalue weighted by Gasteiger charge is -2.31. The molecule has 19 heavy (non-hydrogen) atoms. The van der Waals surface area contributed by atoms with Crippen molar-refractivity contribution in [3.63, 3.8) is 0 Å². The van der Waals surface area contributed by atoms with Crippen LogP contribution < -0.4 is 5.32 Å². The Kier molecular flexibility index (Phi) is 2.74. The number of pyridine rings is 1. The van der Waals surface area contributed by atoms with Crippen molar-refractivity contribution in [3.05, 3.63) is 23.0 Å². The van der Waals surface area contributed by atoms with Crippen molar-refractivity contribution in [2.45, 2.75) is 38.8 Å². The van der Waals surface area contributed by atoms with Crippen LogP contribution in [0.1, 0.15) is 34.6 Å². The zero-order valence-corrected chi connectivity index (χ0v) is 10.8. The van der Waals surface area contributed by atoms with E-state index in [4.69, 9.17) is 4.52 Å². The smallest absolute Gasteiger partial charge is 0.258 e. The number of carbonyl (C=O) groups excluding carboxylic acids is 1. The van der Waals surface area contributed by atoms with Gasteiger partial charge >= 0.3 is 0 Å². The van der Waals surface area contributed by atoms with Gasteiger partial charge in [-0.3, -0.25) is 4.79 Å². The average molecular weight is 261 g/mol. The van der Waals surface area contributed by atoms with Crippen LogP contribution in [0.5, 0.6) is 0 Å². The van der Waals surface area contributed by atoms with Gasteiger partial charge in [-0.1, -0.05) is 5.16 Å². The Balaban J connectivity index is 1.94. The van der Waals surface area contributed by atoms with Crippen LogP contribution in [0, 0.1) is 13.8 Å². The van der Waals surface area contributed by atoms with Crippen LogP contribution in [0.25, 0.3) is 11.1 Å². The third-order valence-corrected chi connectivity index (χ3v) is 3.44. The van der Waals surface area contributed by atoms with Crippen molar-refractivity contribution < 1.29 is 14.4 Å². The number of hydrogen-bond acceptors (Lipinski definition) is 5. The molecule has 6 heteroatoms. The van der Waals surface area contributed by atoms with Crippen molar-refractivity contribution in [2.75, 3.05) is 0 Å². The van der Waals surface area contributed by atoms with E-state index in [9.17, 15) is 9.90 Å². The Morgan fingerprint density at radius 1 is 1.47 bits per heavy atom. The maximum atomic E-state index is 12.3. The summed E-state index contributed by atoms with van der Waals surface area (Å²) in [5, 5.41) is 16.6. The molecule has 3 rings (SSSR count). The minimum Gasteiger partial charge on any atom is -0.393 e. The maximum Gasteiger partial charge on any atom is 0.258 e. The molecule has 0 saturated heterocycles. The van der Waals surface area contributed by atoms with Crippen LogP contribution in [0.4, 0.5) is 0 Å². The molecule has 2 heterocycles. The largest absolute Gasteiger partial charge is 0.393 e. The molecule has 6 nitrogen and oxygen atoms in total. The highest BCUT2D eigenvalue weighted by Crippen LogP contribution is 2.24. The Hall–Kier alpha value is -1.95. The summed E-state index contributed by atoms with van der Waals surface area (Å²) < 4.78 is 5.10. The Morgan fingerprint density at radius 2 is 2.21 bits per heavy atom. The third kappa shape index (κ3) is 2.08. The molecule has 2 N–H and O–H groups in total. The van der Waals surface area contributed by atoms with E-state index in [-0.39, 0.29) is 18.1 Å². The fourth-order valence-electron chi connectivity index (χ4n) is 2.37. The molecule has 2 aromatic heterocycles. The van der Waals surface area contributed by atoms with E-state index in [0.717, 1.165) is 0 Å². The Labute approximate surface area is 109 Å². The molecule has 0 unspecified atom stereocenters. The first-order valence-corrected chi connectivity index (χ1v) is 6.27. The van der Waals surface area contributed by atoms with Crippen molar-refractivity contribution in [3.8, 4) is 0 Å². The normalized spacial score (nSPS) is 22.3. The van der Waals surface area contributed by atoms with Gasteiger partial charge in [-0.05, 0) is 32.8 Å². The van der Waals surface area contributed by atoms with Crippen molar-refractivity contribution >= 4 is 17.0 Å². The van der Waals surface area contributed by atoms with Crippen molar-refractivity contribution in [2.24, 2.45) is 0 Å². The second-order valence-electron chi connectivity index (χ2n) is 5.05. The van der Waals surface area contributed by atoms with Crippen LogP contribution in [0.2, 0.25) is 0 Å². The van der Waals surface area contributed by atoms with Gasteiger partial charge in [0.25, 0.3) is 11.6 Å². The van der Waals surface area contributed by atoms with Crippen LogP contribution in [-0.4, -0.2) is 33.3 Å². The van der Waals surface area contributed by atoms with E-state index in [1.165, 1.54) is 0 Å². The zero-order valence-electron chi connectivity index (χ0n) is 10.8. The highest BCUT2D eigenvalue weighted by Gasteiger charge is 2.29. The lowest BCUT2D eigenvalue weighted by Crippen LogP contribution is -2.46. The number of carbonyl (C=O) groups is 1. The molecule has 1 aliphatic carbocycles. The topological polar surface area (TPSA) is 88.2 Å².